The molecule has 1 saturated heterocycles. The lowest BCUT2D eigenvalue weighted by atomic mass is 10.2. The largest absolute Gasteiger partial charge is 0.454 e. The van der Waals surface area contributed by atoms with E-state index in [1.165, 1.54) is 6.07 Å². The molecule has 2 aromatic rings. The monoisotopic (exact) mass is 428 g/mol. The Labute approximate surface area is 170 Å². The molecule has 0 bridgehead atoms. The van der Waals surface area contributed by atoms with Crippen molar-refractivity contribution in [3.05, 3.63) is 42.2 Å². The molecule has 30 heavy (non-hydrogen) atoms. The average molecular weight is 428 g/mol. The molecule has 3 rings (SSSR count). The van der Waals surface area contributed by atoms with E-state index in [0.717, 1.165) is 18.5 Å². The summed E-state index contributed by atoms with van der Waals surface area (Å²) in [6.07, 6.45) is -2.23. The second-order valence-electron chi connectivity index (χ2n) is 6.62. The standard InChI is InChI=1S/C19H20F4N4O3/c1-2-29-11-17(28)26-13-3-4-27(10-13)14-5-12(20)6-15(7-14)30-16-8-24-18(25-9-16)19(21,22)23/h5-9,13H,2-4,10-11H2,1H3,(H,26,28)/t13-/m0/s1. The Hall–Kier alpha value is -2.95. The molecule has 162 valence electrons. The summed E-state index contributed by atoms with van der Waals surface area (Å²) in [5.41, 5.74) is 0.527. The van der Waals surface area contributed by atoms with Crippen LogP contribution in [0.25, 0.3) is 0 Å². The first-order valence-corrected chi connectivity index (χ1v) is 9.24. The van der Waals surface area contributed by atoms with E-state index in [2.05, 4.69) is 15.3 Å². The molecule has 11 heteroatoms. The summed E-state index contributed by atoms with van der Waals surface area (Å²) in [6.45, 7) is 3.29. The van der Waals surface area contributed by atoms with E-state index >= 15 is 0 Å². The fraction of sp³-hybridized carbons (Fsp3) is 0.421. The normalized spacial score (nSPS) is 16.6. The number of hydrogen-bond donors (Lipinski definition) is 1. The van der Waals surface area contributed by atoms with E-state index in [1.807, 2.05) is 4.90 Å². The number of amides is 1. The Bertz CT molecular complexity index is 877. The van der Waals surface area contributed by atoms with E-state index in [4.69, 9.17) is 9.47 Å². The highest BCUT2D eigenvalue weighted by Gasteiger charge is 2.34. The third-order valence-electron chi connectivity index (χ3n) is 4.33. The number of hydrogen-bond acceptors (Lipinski definition) is 6. The lowest BCUT2D eigenvalue weighted by Gasteiger charge is -2.20. The van der Waals surface area contributed by atoms with Gasteiger partial charge < -0.3 is 19.7 Å². The maximum Gasteiger partial charge on any atom is 0.451 e. The first-order valence-electron chi connectivity index (χ1n) is 9.24. The zero-order chi connectivity index (χ0) is 21.7. The number of halogens is 4. The third-order valence-corrected chi connectivity index (χ3v) is 4.33. The van der Waals surface area contributed by atoms with Crippen LogP contribution in [-0.2, 0) is 15.7 Å². The van der Waals surface area contributed by atoms with Gasteiger partial charge >= 0.3 is 6.18 Å². The van der Waals surface area contributed by atoms with Crippen molar-refractivity contribution >= 4 is 11.6 Å². The highest BCUT2D eigenvalue weighted by molar-refractivity contribution is 5.77. The van der Waals surface area contributed by atoms with E-state index in [1.54, 1.807) is 13.0 Å². The zero-order valence-electron chi connectivity index (χ0n) is 16.1. The molecular weight excluding hydrogens is 408 g/mol. The minimum atomic E-state index is -4.66. The van der Waals surface area contributed by atoms with Crippen molar-refractivity contribution in [1.82, 2.24) is 15.3 Å². The Kier molecular flexibility index (Phi) is 6.70. The van der Waals surface area contributed by atoms with Gasteiger partial charge in [0.15, 0.2) is 5.75 Å². The average Bonchev–Trinajstić information content (AvgIpc) is 3.14. The number of anilines is 1. The summed E-state index contributed by atoms with van der Waals surface area (Å²) >= 11 is 0. The molecule has 1 fully saturated rings. The summed E-state index contributed by atoms with van der Waals surface area (Å²) in [5, 5.41) is 2.86. The van der Waals surface area contributed by atoms with Gasteiger partial charge in [-0.2, -0.15) is 13.2 Å². The summed E-state index contributed by atoms with van der Waals surface area (Å²) in [5.74, 6) is -2.03. The second-order valence-corrected chi connectivity index (χ2v) is 6.62. The van der Waals surface area contributed by atoms with Gasteiger partial charge in [0.05, 0.1) is 12.4 Å². The van der Waals surface area contributed by atoms with Crippen LogP contribution in [0.4, 0.5) is 23.2 Å². The smallest absolute Gasteiger partial charge is 0.451 e. The van der Waals surface area contributed by atoms with Crippen LogP contribution in [0, 0.1) is 5.82 Å². The van der Waals surface area contributed by atoms with Crippen LogP contribution < -0.4 is 15.0 Å². The van der Waals surface area contributed by atoms with E-state index < -0.39 is 17.8 Å². The maximum absolute atomic E-state index is 14.1. The van der Waals surface area contributed by atoms with E-state index in [0.29, 0.717) is 31.8 Å². The number of nitrogens with zero attached hydrogens (tertiary/aromatic N) is 3. The van der Waals surface area contributed by atoms with Gasteiger partial charge in [0.2, 0.25) is 11.7 Å². The number of nitrogens with one attached hydrogen (secondary N) is 1. The Morgan fingerprint density at radius 1 is 1.23 bits per heavy atom. The van der Waals surface area contributed by atoms with Crippen molar-refractivity contribution in [3.8, 4) is 11.5 Å². The van der Waals surface area contributed by atoms with Crippen molar-refractivity contribution in [2.24, 2.45) is 0 Å². The molecule has 1 amide bonds. The van der Waals surface area contributed by atoms with Gasteiger partial charge in [0.25, 0.3) is 0 Å². The van der Waals surface area contributed by atoms with E-state index in [9.17, 15) is 22.4 Å². The van der Waals surface area contributed by atoms with Gasteiger partial charge in [-0.3, -0.25) is 4.79 Å². The fourth-order valence-corrected chi connectivity index (χ4v) is 3.02. The summed E-state index contributed by atoms with van der Waals surface area (Å²) in [7, 11) is 0. The van der Waals surface area contributed by atoms with Crippen molar-refractivity contribution in [1.29, 1.82) is 0 Å². The van der Waals surface area contributed by atoms with Gasteiger partial charge in [-0.15, -0.1) is 0 Å². The molecule has 7 nitrogen and oxygen atoms in total. The Morgan fingerprint density at radius 2 is 1.97 bits per heavy atom. The molecule has 0 saturated carbocycles. The molecule has 0 spiro atoms. The molecule has 1 atom stereocenters. The Balaban J connectivity index is 1.65. The first-order chi connectivity index (χ1) is 14.2. The molecule has 1 aromatic heterocycles. The van der Waals surface area contributed by atoms with Crippen LogP contribution in [0.5, 0.6) is 11.5 Å². The van der Waals surface area contributed by atoms with Gasteiger partial charge in [0, 0.05) is 43.6 Å². The number of aromatic nitrogens is 2. The minimum Gasteiger partial charge on any atom is -0.454 e. The lowest BCUT2D eigenvalue weighted by Crippen LogP contribution is -2.39. The van der Waals surface area contributed by atoms with Crippen LogP contribution in [0.3, 0.4) is 0 Å². The molecular formula is C19H20F4N4O3. The van der Waals surface area contributed by atoms with Crippen LogP contribution in [0.15, 0.2) is 30.6 Å². The highest BCUT2D eigenvalue weighted by Crippen LogP contribution is 2.30. The van der Waals surface area contributed by atoms with Crippen LogP contribution in [0.2, 0.25) is 0 Å². The van der Waals surface area contributed by atoms with Crippen molar-refractivity contribution in [2.75, 3.05) is 31.2 Å². The second kappa shape index (κ2) is 9.24. The molecule has 1 aliphatic heterocycles. The predicted molar refractivity (Wildman–Crippen MR) is 98.8 cm³/mol. The summed E-state index contributed by atoms with van der Waals surface area (Å²) in [6, 6.07) is 3.89. The maximum atomic E-state index is 14.1. The Morgan fingerprint density at radius 3 is 2.63 bits per heavy atom. The molecule has 2 heterocycles. The highest BCUT2D eigenvalue weighted by atomic mass is 19.4. The van der Waals surface area contributed by atoms with Crippen molar-refractivity contribution in [2.45, 2.75) is 25.6 Å². The third kappa shape index (κ3) is 5.78. The van der Waals surface area contributed by atoms with Gasteiger partial charge in [-0.1, -0.05) is 0 Å². The van der Waals surface area contributed by atoms with Crippen molar-refractivity contribution < 1.29 is 31.8 Å². The molecule has 0 radical (unpaired) electrons. The van der Waals surface area contributed by atoms with Gasteiger partial charge in [-0.25, -0.2) is 14.4 Å². The number of carbonyl (C=O) groups is 1. The predicted octanol–water partition coefficient (Wildman–Crippen LogP) is 3.16. The number of benzene rings is 1. The molecule has 1 aliphatic rings. The number of carbonyl (C=O) groups excluding carboxylic acids is 1. The number of ether oxygens (including phenoxy) is 2. The van der Waals surface area contributed by atoms with Crippen LogP contribution in [0.1, 0.15) is 19.2 Å². The molecule has 0 unspecified atom stereocenters. The lowest BCUT2D eigenvalue weighted by molar-refractivity contribution is -0.145. The topological polar surface area (TPSA) is 76.6 Å². The molecule has 0 aliphatic carbocycles. The molecule has 1 N–H and O–H groups in total. The van der Waals surface area contributed by atoms with Gasteiger partial charge in [0.1, 0.15) is 18.2 Å². The SMILES string of the molecule is CCOCC(=O)N[C@H]1CCN(c2cc(F)cc(Oc3cnc(C(F)(F)F)nc3)c2)C1. The fourth-order valence-electron chi connectivity index (χ4n) is 3.02. The van der Waals surface area contributed by atoms with Crippen LogP contribution in [-0.4, -0.2) is 48.2 Å². The van der Waals surface area contributed by atoms with Gasteiger partial charge in [-0.05, 0) is 19.4 Å². The quantitative estimate of drug-likeness (QED) is 0.683. The van der Waals surface area contributed by atoms with Crippen molar-refractivity contribution in [3.63, 3.8) is 0 Å². The summed E-state index contributed by atoms with van der Waals surface area (Å²) in [4.78, 5) is 20.1. The van der Waals surface area contributed by atoms with E-state index in [-0.39, 0.29) is 30.1 Å². The first kappa shape index (κ1) is 21.8. The number of rotatable bonds is 7. The molecule has 1 aromatic carbocycles. The summed E-state index contributed by atoms with van der Waals surface area (Å²) < 4.78 is 62.2. The van der Waals surface area contributed by atoms with Crippen LogP contribution >= 0.6 is 0 Å². The number of alkyl halides is 3. The zero-order valence-corrected chi connectivity index (χ0v) is 16.1. The minimum absolute atomic E-state index is 0.0137.